The molecule has 0 amide bonds. The van der Waals surface area contributed by atoms with Crippen molar-refractivity contribution in [3.05, 3.63) is 46.3 Å². The third kappa shape index (κ3) is 4.44. The molecular weight excluding hydrogens is 391 g/mol. The first-order chi connectivity index (χ1) is 14.5. The average Bonchev–Trinajstić information content (AvgIpc) is 2.75. The molecule has 2 saturated heterocycles. The van der Waals surface area contributed by atoms with E-state index in [9.17, 15) is 19.6 Å². The summed E-state index contributed by atoms with van der Waals surface area (Å²) >= 11 is 0. The van der Waals surface area contributed by atoms with Crippen LogP contribution >= 0.6 is 0 Å². The molecule has 3 heterocycles. The number of aromatic nitrogens is 1. The van der Waals surface area contributed by atoms with Gasteiger partial charge >= 0.3 is 5.69 Å². The molecule has 2 aliphatic heterocycles. The van der Waals surface area contributed by atoms with Gasteiger partial charge in [0.1, 0.15) is 11.6 Å². The van der Waals surface area contributed by atoms with Crippen LogP contribution in [0.5, 0.6) is 0 Å². The van der Waals surface area contributed by atoms with E-state index in [2.05, 4.69) is 20.5 Å². The van der Waals surface area contributed by atoms with Crippen LogP contribution in [-0.4, -0.2) is 60.4 Å². The second-order valence-electron chi connectivity index (χ2n) is 7.54. The molecule has 9 nitrogen and oxygen atoms in total. The summed E-state index contributed by atoms with van der Waals surface area (Å²) in [5, 5.41) is 27.3. The lowest BCUT2D eigenvalue weighted by Gasteiger charge is -2.31. The monoisotopic (exact) mass is 416 g/mol. The van der Waals surface area contributed by atoms with Crippen molar-refractivity contribution in [2.75, 3.05) is 54.4 Å². The fraction of sp³-hybridized carbons (Fsp3) is 0.450. The molecule has 0 aliphatic carbocycles. The van der Waals surface area contributed by atoms with Gasteiger partial charge in [0.25, 0.3) is 0 Å². The first-order valence-corrected chi connectivity index (χ1v) is 10.1. The topological polar surface area (TPSA) is 107 Å². The molecule has 0 saturated carbocycles. The summed E-state index contributed by atoms with van der Waals surface area (Å²) in [6.45, 7) is 4.34. The summed E-state index contributed by atoms with van der Waals surface area (Å²) in [7, 11) is 0. The Labute approximate surface area is 173 Å². The molecule has 160 valence electrons. The minimum Gasteiger partial charge on any atom is -0.393 e. The number of benzene rings is 1. The van der Waals surface area contributed by atoms with Gasteiger partial charge in [-0.05, 0) is 37.1 Å². The number of rotatable bonds is 5. The van der Waals surface area contributed by atoms with Crippen LogP contribution in [0.1, 0.15) is 12.8 Å². The molecule has 2 aliphatic rings. The smallest absolute Gasteiger partial charge is 0.311 e. The van der Waals surface area contributed by atoms with Crippen molar-refractivity contribution in [2.45, 2.75) is 18.9 Å². The van der Waals surface area contributed by atoms with Crippen molar-refractivity contribution >= 4 is 28.7 Å². The Morgan fingerprint density at radius 3 is 2.53 bits per heavy atom. The second kappa shape index (κ2) is 8.80. The Balaban J connectivity index is 1.56. The Hall–Kier alpha value is -2.98. The molecule has 4 rings (SSSR count). The highest BCUT2D eigenvalue weighted by atomic mass is 19.1. The number of halogens is 1. The highest BCUT2D eigenvalue weighted by Gasteiger charge is 2.22. The van der Waals surface area contributed by atoms with Crippen molar-refractivity contribution in [3.63, 3.8) is 0 Å². The fourth-order valence-corrected chi connectivity index (χ4v) is 3.84. The minimum atomic E-state index is -0.499. The molecule has 0 atom stereocenters. The van der Waals surface area contributed by atoms with E-state index in [0.29, 0.717) is 43.1 Å². The zero-order chi connectivity index (χ0) is 21.1. The van der Waals surface area contributed by atoms with Crippen molar-refractivity contribution < 1.29 is 14.4 Å². The van der Waals surface area contributed by atoms with Crippen molar-refractivity contribution in [1.82, 2.24) is 10.3 Å². The van der Waals surface area contributed by atoms with Gasteiger partial charge in [0.2, 0.25) is 5.82 Å². The van der Waals surface area contributed by atoms with Gasteiger partial charge in [0.05, 0.1) is 16.7 Å². The van der Waals surface area contributed by atoms with Gasteiger partial charge < -0.3 is 25.5 Å². The summed E-state index contributed by atoms with van der Waals surface area (Å²) in [6.07, 6.45) is 0.878. The Morgan fingerprint density at radius 2 is 1.87 bits per heavy atom. The summed E-state index contributed by atoms with van der Waals surface area (Å²) in [6, 6.07) is 7.73. The molecule has 0 radical (unpaired) electrons. The third-order valence-electron chi connectivity index (χ3n) is 5.51. The SMILES string of the molecule is O=[N+]([O-])c1ccc(N2CCNCC2)nc1Nc1ccc(N2CCC(O)CC2)c(F)c1. The van der Waals surface area contributed by atoms with Gasteiger partial charge in [0.15, 0.2) is 0 Å². The number of aliphatic hydroxyl groups is 1. The highest BCUT2D eigenvalue weighted by Crippen LogP contribution is 2.31. The Bertz CT molecular complexity index is 913. The van der Waals surface area contributed by atoms with Crippen LogP contribution in [0, 0.1) is 15.9 Å². The van der Waals surface area contributed by atoms with E-state index < -0.39 is 10.7 Å². The number of hydrogen-bond acceptors (Lipinski definition) is 8. The number of nitrogens with zero attached hydrogens (tertiary/aromatic N) is 4. The van der Waals surface area contributed by atoms with E-state index in [0.717, 1.165) is 26.2 Å². The highest BCUT2D eigenvalue weighted by molar-refractivity contribution is 5.69. The molecule has 10 heteroatoms. The predicted molar refractivity (Wildman–Crippen MR) is 113 cm³/mol. The molecule has 0 unspecified atom stereocenters. The van der Waals surface area contributed by atoms with Crippen LogP contribution in [0.3, 0.4) is 0 Å². The number of pyridine rings is 1. The van der Waals surface area contributed by atoms with Crippen molar-refractivity contribution in [1.29, 1.82) is 0 Å². The normalized spacial score (nSPS) is 17.8. The van der Waals surface area contributed by atoms with E-state index in [4.69, 9.17) is 0 Å². The molecule has 0 spiro atoms. The molecule has 1 aromatic carbocycles. The maximum Gasteiger partial charge on any atom is 0.311 e. The third-order valence-corrected chi connectivity index (χ3v) is 5.51. The second-order valence-corrected chi connectivity index (χ2v) is 7.54. The number of aliphatic hydroxyl groups excluding tert-OH is 1. The number of nitro groups is 1. The van der Waals surface area contributed by atoms with Gasteiger partial charge in [0, 0.05) is 51.0 Å². The van der Waals surface area contributed by atoms with Gasteiger partial charge in [-0.1, -0.05) is 0 Å². The van der Waals surface area contributed by atoms with Crippen molar-refractivity contribution in [3.8, 4) is 0 Å². The number of piperidine rings is 1. The zero-order valence-electron chi connectivity index (χ0n) is 16.6. The number of nitrogens with one attached hydrogen (secondary N) is 2. The zero-order valence-corrected chi connectivity index (χ0v) is 16.6. The predicted octanol–water partition coefficient (Wildman–Crippen LogP) is 2.24. The molecule has 1 aromatic heterocycles. The van der Waals surface area contributed by atoms with Crippen molar-refractivity contribution in [2.24, 2.45) is 0 Å². The van der Waals surface area contributed by atoms with Crippen LogP contribution in [0.4, 0.5) is 33.1 Å². The maximum absolute atomic E-state index is 14.8. The minimum absolute atomic E-state index is 0.0873. The standard InChI is InChI=1S/C20H25FN6O3/c21-16-13-14(1-2-17(16)25-9-5-15(28)6-10-25)23-20-18(27(29)30)3-4-19(24-20)26-11-7-22-8-12-26/h1-4,13,15,22,28H,5-12H2,(H,23,24). The largest absolute Gasteiger partial charge is 0.393 e. The Kier molecular flexibility index (Phi) is 5.96. The van der Waals surface area contributed by atoms with E-state index in [1.165, 1.54) is 12.1 Å². The van der Waals surface area contributed by atoms with Crippen LogP contribution in [0.15, 0.2) is 30.3 Å². The molecule has 30 heavy (non-hydrogen) atoms. The molecule has 0 bridgehead atoms. The summed E-state index contributed by atoms with van der Waals surface area (Å²) in [5.41, 5.74) is 0.689. The van der Waals surface area contributed by atoms with Crippen LogP contribution < -0.4 is 20.4 Å². The van der Waals surface area contributed by atoms with E-state index in [1.54, 1.807) is 18.2 Å². The average molecular weight is 416 g/mol. The summed E-state index contributed by atoms with van der Waals surface area (Å²) in [4.78, 5) is 19.4. The van der Waals surface area contributed by atoms with Crippen LogP contribution in [-0.2, 0) is 0 Å². The summed E-state index contributed by atoms with van der Waals surface area (Å²) in [5.74, 6) is 0.315. The van der Waals surface area contributed by atoms with E-state index in [1.807, 2.05) is 4.90 Å². The van der Waals surface area contributed by atoms with Gasteiger partial charge in [-0.2, -0.15) is 0 Å². The number of piperazine rings is 1. The summed E-state index contributed by atoms with van der Waals surface area (Å²) < 4.78 is 14.8. The number of anilines is 4. The molecule has 2 aromatic rings. The molecular formula is C20H25FN6O3. The molecule has 2 fully saturated rings. The number of hydrogen-bond donors (Lipinski definition) is 3. The van der Waals surface area contributed by atoms with Gasteiger partial charge in [-0.15, -0.1) is 0 Å². The van der Waals surface area contributed by atoms with Gasteiger partial charge in [-0.25, -0.2) is 9.37 Å². The van der Waals surface area contributed by atoms with Crippen LogP contribution in [0.25, 0.3) is 0 Å². The lowest BCUT2D eigenvalue weighted by molar-refractivity contribution is -0.384. The van der Waals surface area contributed by atoms with E-state index >= 15 is 0 Å². The van der Waals surface area contributed by atoms with Crippen LogP contribution in [0.2, 0.25) is 0 Å². The van der Waals surface area contributed by atoms with E-state index in [-0.39, 0.29) is 17.6 Å². The quantitative estimate of drug-likeness (QED) is 0.503. The Morgan fingerprint density at radius 1 is 1.13 bits per heavy atom. The lowest BCUT2D eigenvalue weighted by atomic mass is 10.1. The first-order valence-electron chi connectivity index (χ1n) is 10.1. The fourth-order valence-electron chi connectivity index (χ4n) is 3.84. The lowest BCUT2D eigenvalue weighted by Crippen LogP contribution is -2.43. The molecule has 3 N–H and O–H groups in total. The first kappa shape index (κ1) is 20.3. The maximum atomic E-state index is 14.8. The van der Waals surface area contributed by atoms with Gasteiger partial charge in [-0.3, -0.25) is 10.1 Å².